The second-order valence-corrected chi connectivity index (χ2v) is 6.33. The van der Waals surface area contributed by atoms with E-state index >= 15 is 0 Å². The molecule has 2 N–H and O–H groups in total. The van der Waals surface area contributed by atoms with Crippen molar-refractivity contribution in [2.45, 2.75) is 6.54 Å². The smallest absolute Gasteiger partial charge is 0.273 e. The van der Waals surface area contributed by atoms with Crippen LogP contribution in [0.4, 0.5) is 5.69 Å². The minimum absolute atomic E-state index is 0.242. The summed E-state index contributed by atoms with van der Waals surface area (Å²) in [6.07, 6.45) is 3.44. The Morgan fingerprint density at radius 2 is 2.12 bits per heavy atom. The van der Waals surface area contributed by atoms with E-state index in [2.05, 4.69) is 20.6 Å². The summed E-state index contributed by atoms with van der Waals surface area (Å²) < 4.78 is 1.79. The molecule has 0 aliphatic carbocycles. The van der Waals surface area contributed by atoms with E-state index in [9.17, 15) is 4.79 Å². The molecule has 4 rings (SSSR count). The molecular formula is C18H15N5OS. The molecule has 0 radical (unpaired) electrons. The van der Waals surface area contributed by atoms with Crippen molar-refractivity contribution >= 4 is 22.9 Å². The highest BCUT2D eigenvalue weighted by atomic mass is 32.1. The van der Waals surface area contributed by atoms with E-state index in [1.165, 1.54) is 0 Å². The number of nitrogens with zero attached hydrogens (tertiary/aromatic N) is 3. The highest BCUT2D eigenvalue weighted by Crippen LogP contribution is 2.20. The molecule has 3 heterocycles. The zero-order valence-corrected chi connectivity index (χ0v) is 14.0. The van der Waals surface area contributed by atoms with Gasteiger partial charge in [-0.2, -0.15) is 21.5 Å². The largest absolute Gasteiger partial charge is 0.318 e. The summed E-state index contributed by atoms with van der Waals surface area (Å²) in [7, 11) is 0. The normalized spacial score (nSPS) is 10.7. The quantitative estimate of drug-likeness (QED) is 0.578. The van der Waals surface area contributed by atoms with Crippen LogP contribution in [0.3, 0.4) is 0 Å². The van der Waals surface area contributed by atoms with Gasteiger partial charge in [0.15, 0.2) is 0 Å². The van der Waals surface area contributed by atoms with Gasteiger partial charge in [-0.3, -0.25) is 14.6 Å². The lowest BCUT2D eigenvalue weighted by Crippen LogP contribution is -2.11. The Kier molecular flexibility index (Phi) is 4.14. The van der Waals surface area contributed by atoms with Crippen LogP contribution in [0.25, 0.3) is 11.3 Å². The number of aromatic amines is 1. The van der Waals surface area contributed by atoms with E-state index in [0.29, 0.717) is 17.9 Å². The van der Waals surface area contributed by atoms with Gasteiger partial charge in [0, 0.05) is 17.1 Å². The van der Waals surface area contributed by atoms with Crippen molar-refractivity contribution in [1.82, 2.24) is 20.0 Å². The van der Waals surface area contributed by atoms with Crippen LogP contribution in [-0.2, 0) is 6.54 Å². The van der Waals surface area contributed by atoms with Crippen molar-refractivity contribution in [3.63, 3.8) is 0 Å². The van der Waals surface area contributed by atoms with Gasteiger partial charge in [0.25, 0.3) is 5.91 Å². The summed E-state index contributed by atoms with van der Waals surface area (Å²) in [5, 5.41) is 18.0. The number of benzene rings is 1. The fraction of sp³-hybridized carbons (Fsp3) is 0.0556. The third-order valence-corrected chi connectivity index (χ3v) is 4.40. The first-order valence-electron chi connectivity index (χ1n) is 7.73. The lowest BCUT2D eigenvalue weighted by atomic mass is 10.2. The first kappa shape index (κ1) is 15.3. The van der Waals surface area contributed by atoms with Crippen LogP contribution in [0.1, 0.15) is 16.1 Å². The molecule has 0 saturated carbocycles. The predicted molar refractivity (Wildman–Crippen MR) is 97.6 cm³/mol. The maximum absolute atomic E-state index is 12.3. The molecule has 4 aromatic rings. The van der Waals surface area contributed by atoms with Crippen LogP contribution in [0.2, 0.25) is 0 Å². The Morgan fingerprint density at radius 3 is 2.92 bits per heavy atom. The third-order valence-electron chi connectivity index (χ3n) is 3.72. The molecule has 6 nitrogen and oxygen atoms in total. The number of hydrogen-bond acceptors (Lipinski definition) is 4. The number of nitrogens with one attached hydrogen (secondary N) is 2. The minimum Gasteiger partial charge on any atom is -0.318 e. The maximum Gasteiger partial charge on any atom is 0.273 e. The van der Waals surface area contributed by atoms with E-state index in [4.69, 9.17) is 0 Å². The molecular weight excluding hydrogens is 334 g/mol. The molecule has 124 valence electrons. The number of H-pyrrole nitrogens is 1. The van der Waals surface area contributed by atoms with Gasteiger partial charge in [-0.1, -0.05) is 30.3 Å². The average molecular weight is 349 g/mol. The number of carbonyl (C=O) groups excluding carboxylic acids is 1. The summed E-state index contributed by atoms with van der Waals surface area (Å²) >= 11 is 1.59. The van der Waals surface area contributed by atoms with Crippen molar-refractivity contribution in [2.75, 3.05) is 5.32 Å². The molecule has 1 amide bonds. The minimum atomic E-state index is -0.242. The Bertz CT molecular complexity index is 972. The Morgan fingerprint density at radius 1 is 1.24 bits per heavy atom. The van der Waals surface area contributed by atoms with E-state index in [1.807, 2.05) is 47.2 Å². The fourth-order valence-electron chi connectivity index (χ4n) is 2.48. The lowest BCUT2D eigenvalue weighted by Gasteiger charge is -2.01. The number of amides is 1. The van der Waals surface area contributed by atoms with E-state index in [1.54, 1.807) is 34.5 Å². The SMILES string of the molecule is O=C(Nc1cnn(Cc2ccccc2)c1)c1cc(-c2ccsc2)n[nH]1. The molecule has 0 aliphatic heterocycles. The van der Waals surface area contributed by atoms with Gasteiger partial charge in [-0.05, 0) is 23.1 Å². The molecule has 25 heavy (non-hydrogen) atoms. The summed E-state index contributed by atoms with van der Waals surface area (Å²) in [6.45, 7) is 0.656. The van der Waals surface area contributed by atoms with Crippen LogP contribution in [0, 0.1) is 0 Å². The fourth-order valence-corrected chi connectivity index (χ4v) is 3.13. The summed E-state index contributed by atoms with van der Waals surface area (Å²) in [5.41, 5.74) is 3.96. The van der Waals surface area contributed by atoms with Gasteiger partial charge in [-0.15, -0.1) is 0 Å². The lowest BCUT2D eigenvalue weighted by molar-refractivity contribution is 0.102. The molecule has 3 aromatic heterocycles. The number of thiophene rings is 1. The molecule has 0 bridgehead atoms. The van der Waals surface area contributed by atoms with Crippen LogP contribution < -0.4 is 5.32 Å². The van der Waals surface area contributed by atoms with Crippen LogP contribution in [0.5, 0.6) is 0 Å². The van der Waals surface area contributed by atoms with Crippen molar-refractivity contribution in [1.29, 1.82) is 0 Å². The first-order chi connectivity index (χ1) is 12.3. The number of carbonyl (C=O) groups is 1. The number of rotatable bonds is 5. The van der Waals surface area contributed by atoms with Gasteiger partial charge in [0.1, 0.15) is 5.69 Å². The summed E-state index contributed by atoms with van der Waals surface area (Å²) in [4.78, 5) is 12.3. The third kappa shape index (κ3) is 3.51. The van der Waals surface area contributed by atoms with Crippen LogP contribution in [-0.4, -0.2) is 25.9 Å². The highest BCUT2D eigenvalue weighted by molar-refractivity contribution is 7.08. The molecule has 0 atom stereocenters. The van der Waals surface area contributed by atoms with Crippen molar-refractivity contribution in [2.24, 2.45) is 0 Å². The topological polar surface area (TPSA) is 75.6 Å². The Balaban J connectivity index is 1.43. The summed E-state index contributed by atoms with van der Waals surface area (Å²) in [6, 6.07) is 13.7. The number of aromatic nitrogens is 4. The second kappa shape index (κ2) is 6.74. The van der Waals surface area contributed by atoms with Crippen LogP contribution >= 0.6 is 11.3 Å². The van der Waals surface area contributed by atoms with Crippen molar-refractivity contribution < 1.29 is 4.79 Å². The van der Waals surface area contributed by atoms with E-state index in [0.717, 1.165) is 16.8 Å². The van der Waals surface area contributed by atoms with Crippen molar-refractivity contribution in [3.8, 4) is 11.3 Å². The first-order valence-corrected chi connectivity index (χ1v) is 8.68. The Hall–Kier alpha value is -3.19. The maximum atomic E-state index is 12.3. The van der Waals surface area contributed by atoms with Gasteiger partial charge in [0.2, 0.25) is 0 Å². The average Bonchev–Trinajstić information content (AvgIpc) is 3.37. The van der Waals surface area contributed by atoms with Crippen molar-refractivity contribution in [3.05, 3.63) is 76.9 Å². The molecule has 1 aromatic carbocycles. The van der Waals surface area contributed by atoms with Crippen LogP contribution in [0.15, 0.2) is 65.6 Å². The Labute approximate surface area is 148 Å². The summed E-state index contributed by atoms with van der Waals surface area (Å²) in [5.74, 6) is -0.242. The van der Waals surface area contributed by atoms with E-state index in [-0.39, 0.29) is 5.91 Å². The zero-order chi connectivity index (χ0) is 17.1. The van der Waals surface area contributed by atoms with Gasteiger partial charge in [-0.25, -0.2) is 0 Å². The van der Waals surface area contributed by atoms with Gasteiger partial charge in [0.05, 0.1) is 24.1 Å². The number of hydrogen-bond donors (Lipinski definition) is 2. The monoisotopic (exact) mass is 349 g/mol. The molecule has 0 aliphatic rings. The van der Waals surface area contributed by atoms with Gasteiger partial charge >= 0.3 is 0 Å². The molecule has 7 heteroatoms. The molecule has 0 spiro atoms. The second-order valence-electron chi connectivity index (χ2n) is 5.55. The zero-order valence-electron chi connectivity index (χ0n) is 13.2. The van der Waals surface area contributed by atoms with Gasteiger partial charge < -0.3 is 5.32 Å². The number of anilines is 1. The molecule has 0 saturated heterocycles. The molecule has 0 unspecified atom stereocenters. The predicted octanol–water partition coefficient (Wildman–Crippen LogP) is 3.64. The standard InChI is InChI=1S/C18H15N5OS/c24-18(17-8-16(21-22-17)14-6-7-25-12-14)20-15-9-19-23(11-15)10-13-4-2-1-3-5-13/h1-9,11-12H,10H2,(H,20,24)(H,21,22). The highest BCUT2D eigenvalue weighted by Gasteiger charge is 2.12. The van der Waals surface area contributed by atoms with E-state index < -0.39 is 0 Å². The molecule has 0 fully saturated rings.